The van der Waals surface area contributed by atoms with E-state index in [0.29, 0.717) is 10.0 Å². The van der Waals surface area contributed by atoms with E-state index in [1.807, 2.05) is 18.2 Å². The first-order valence-electron chi connectivity index (χ1n) is 6.41. The lowest BCUT2D eigenvalue weighted by Gasteiger charge is -2.18. The molecule has 0 radical (unpaired) electrons. The molecular weight excluding hydrogens is 264 g/mol. The van der Waals surface area contributed by atoms with Crippen molar-refractivity contribution in [3.05, 3.63) is 28.8 Å². The lowest BCUT2D eigenvalue weighted by atomic mass is 9.98. The van der Waals surface area contributed by atoms with Gasteiger partial charge in [0.15, 0.2) is 0 Å². The molecule has 1 fully saturated rings. The largest absolute Gasteiger partial charge is 0.389 e. The number of thiocarbonyl (C=S) groups is 1. The zero-order valence-electron chi connectivity index (χ0n) is 10.6. The van der Waals surface area contributed by atoms with Gasteiger partial charge in [-0.15, -0.1) is 0 Å². The maximum absolute atomic E-state index is 6.02. The highest BCUT2D eigenvalue weighted by atomic mass is 35.5. The molecule has 1 aliphatic rings. The number of nitrogens with two attached hydrogens (primary N) is 1. The third-order valence-corrected chi connectivity index (χ3v) is 4.30. The monoisotopic (exact) mass is 282 g/mol. The Hall–Kier alpha value is -0.800. The Morgan fingerprint density at radius 2 is 2.28 bits per heavy atom. The number of rotatable bonds is 4. The van der Waals surface area contributed by atoms with Gasteiger partial charge in [-0.3, -0.25) is 0 Å². The van der Waals surface area contributed by atoms with Gasteiger partial charge in [0.2, 0.25) is 0 Å². The quantitative estimate of drug-likeness (QED) is 0.825. The van der Waals surface area contributed by atoms with E-state index in [-0.39, 0.29) is 0 Å². The molecule has 0 amide bonds. The number of hydrogen-bond donors (Lipinski definition) is 2. The Bertz CT molecular complexity index is 447. The van der Waals surface area contributed by atoms with Crippen molar-refractivity contribution in [3.63, 3.8) is 0 Å². The molecule has 0 saturated heterocycles. The highest BCUT2D eigenvalue weighted by Gasteiger charge is 2.23. The second kappa shape index (κ2) is 5.89. The molecule has 3 N–H and O–H groups in total. The summed E-state index contributed by atoms with van der Waals surface area (Å²) in [4.78, 5) is 0.411. The van der Waals surface area contributed by atoms with E-state index in [9.17, 15) is 0 Å². The van der Waals surface area contributed by atoms with Crippen molar-refractivity contribution in [2.24, 2.45) is 17.6 Å². The van der Waals surface area contributed by atoms with Gasteiger partial charge in [-0.1, -0.05) is 43.6 Å². The summed E-state index contributed by atoms with van der Waals surface area (Å²) in [5.74, 6) is 1.54. The van der Waals surface area contributed by atoms with Crippen molar-refractivity contribution in [2.75, 3.05) is 11.9 Å². The first-order valence-corrected chi connectivity index (χ1v) is 7.20. The van der Waals surface area contributed by atoms with Crippen LogP contribution >= 0.6 is 23.8 Å². The van der Waals surface area contributed by atoms with Crippen LogP contribution in [0.3, 0.4) is 0 Å². The Labute approximate surface area is 119 Å². The number of nitrogens with one attached hydrogen (secondary N) is 1. The average Bonchev–Trinajstić information content (AvgIpc) is 2.72. The molecule has 1 aromatic rings. The summed E-state index contributed by atoms with van der Waals surface area (Å²) in [7, 11) is 0. The fourth-order valence-electron chi connectivity index (χ4n) is 2.64. The summed E-state index contributed by atoms with van der Waals surface area (Å²) in [6.07, 6.45) is 3.98. The van der Waals surface area contributed by atoms with E-state index in [1.165, 1.54) is 19.3 Å². The lowest BCUT2D eigenvalue weighted by molar-refractivity contribution is 0.439. The van der Waals surface area contributed by atoms with Crippen LogP contribution in [0.25, 0.3) is 0 Å². The summed E-state index contributed by atoms with van der Waals surface area (Å²) < 4.78 is 0. The maximum Gasteiger partial charge on any atom is 0.106 e. The van der Waals surface area contributed by atoms with E-state index in [2.05, 4.69) is 12.2 Å². The van der Waals surface area contributed by atoms with Gasteiger partial charge in [-0.2, -0.15) is 0 Å². The molecule has 1 aromatic carbocycles. The van der Waals surface area contributed by atoms with E-state index >= 15 is 0 Å². The van der Waals surface area contributed by atoms with Crippen LogP contribution in [-0.2, 0) is 0 Å². The number of halogens is 1. The van der Waals surface area contributed by atoms with Crippen LogP contribution in [0.2, 0.25) is 5.02 Å². The summed E-state index contributed by atoms with van der Waals surface area (Å²) >= 11 is 11.1. The Morgan fingerprint density at radius 1 is 1.50 bits per heavy atom. The van der Waals surface area contributed by atoms with Crippen LogP contribution in [0.1, 0.15) is 31.7 Å². The van der Waals surface area contributed by atoms with Crippen molar-refractivity contribution >= 4 is 34.5 Å². The van der Waals surface area contributed by atoms with Gasteiger partial charge in [0.05, 0.1) is 0 Å². The van der Waals surface area contributed by atoms with Crippen LogP contribution in [0.4, 0.5) is 5.69 Å². The zero-order valence-corrected chi connectivity index (χ0v) is 12.2. The predicted molar refractivity (Wildman–Crippen MR) is 82.3 cm³/mol. The third-order valence-electron chi connectivity index (χ3n) is 3.84. The Kier molecular flexibility index (Phi) is 4.46. The fraction of sp³-hybridized carbons (Fsp3) is 0.500. The van der Waals surface area contributed by atoms with Crippen LogP contribution in [-0.4, -0.2) is 11.5 Å². The van der Waals surface area contributed by atoms with Crippen LogP contribution in [0.15, 0.2) is 18.2 Å². The second-order valence-electron chi connectivity index (χ2n) is 5.10. The van der Waals surface area contributed by atoms with Crippen molar-refractivity contribution < 1.29 is 0 Å². The lowest BCUT2D eigenvalue weighted by Crippen LogP contribution is -2.19. The summed E-state index contributed by atoms with van der Waals surface area (Å²) in [6.45, 7) is 3.29. The number of hydrogen-bond acceptors (Lipinski definition) is 2. The van der Waals surface area contributed by atoms with Crippen molar-refractivity contribution in [1.82, 2.24) is 0 Å². The molecule has 2 atom stereocenters. The molecule has 98 valence electrons. The molecule has 2 rings (SSSR count). The molecule has 2 unspecified atom stereocenters. The molecule has 0 bridgehead atoms. The smallest absolute Gasteiger partial charge is 0.106 e. The van der Waals surface area contributed by atoms with Crippen LogP contribution in [0, 0.1) is 11.8 Å². The third kappa shape index (κ3) is 3.15. The molecule has 1 saturated carbocycles. The minimum atomic E-state index is 0.411. The average molecular weight is 283 g/mol. The first-order chi connectivity index (χ1) is 8.58. The SMILES string of the molecule is CC1CCCC1CNc1cc(Cl)ccc1C(N)=S. The van der Waals surface area contributed by atoms with E-state index in [1.54, 1.807) is 0 Å². The van der Waals surface area contributed by atoms with E-state index < -0.39 is 0 Å². The van der Waals surface area contributed by atoms with Gasteiger partial charge in [0.25, 0.3) is 0 Å². The van der Waals surface area contributed by atoms with Crippen LogP contribution in [0.5, 0.6) is 0 Å². The summed E-state index contributed by atoms with van der Waals surface area (Å²) in [5.41, 5.74) is 7.55. The number of benzene rings is 1. The molecule has 0 spiro atoms. The summed E-state index contributed by atoms with van der Waals surface area (Å²) in [6, 6.07) is 5.60. The standard InChI is InChI=1S/C14H19ClN2S/c1-9-3-2-4-10(9)8-17-13-7-11(15)5-6-12(13)14(16)18/h5-7,9-10,17H,2-4,8H2,1H3,(H2,16,18). The van der Waals surface area contributed by atoms with Gasteiger partial charge in [0.1, 0.15) is 4.99 Å². The molecule has 1 aliphatic carbocycles. The Balaban J connectivity index is 2.08. The normalized spacial score (nSPS) is 23.0. The molecule has 2 nitrogen and oxygen atoms in total. The number of anilines is 1. The zero-order chi connectivity index (χ0) is 13.1. The van der Waals surface area contributed by atoms with E-state index in [4.69, 9.17) is 29.6 Å². The predicted octanol–water partition coefficient (Wildman–Crippen LogP) is 3.82. The van der Waals surface area contributed by atoms with Crippen molar-refractivity contribution in [2.45, 2.75) is 26.2 Å². The molecule has 0 aromatic heterocycles. The molecule has 0 aliphatic heterocycles. The van der Waals surface area contributed by atoms with Gasteiger partial charge >= 0.3 is 0 Å². The molecule has 18 heavy (non-hydrogen) atoms. The van der Waals surface area contributed by atoms with Crippen LogP contribution < -0.4 is 11.1 Å². The van der Waals surface area contributed by atoms with Crippen molar-refractivity contribution in [3.8, 4) is 0 Å². The summed E-state index contributed by atoms with van der Waals surface area (Å²) in [5, 5.41) is 4.16. The Morgan fingerprint density at radius 3 is 2.89 bits per heavy atom. The van der Waals surface area contributed by atoms with Gasteiger partial charge in [-0.25, -0.2) is 0 Å². The second-order valence-corrected chi connectivity index (χ2v) is 5.98. The molecule has 4 heteroatoms. The molecule has 0 heterocycles. The van der Waals surface area contributed by atoms with Crippen molar-refractivity contribution in [1.29, 1.82) is 0 Å². The fourth-order valence-corrected chi connectivity index (χ4v) is 2.99. The van der Waals surface area contributed by atoms with Gasteiger partial charge in [-0.05, 0) is 36.5 Å². The maximum atomic E-state index is 6.02. The van der Waals surface area contributed by atoms with Gasteiger partial charge in [0, 0.05) is 22.8 Å². The highest BCUT2D eigenvalue weighted by Crippen LogP contribution is 2.31. The highest BCUT2D eigenvalue weighted by molar-refractivity contribution is 7.80. The minimum absolute atomic E-state index is 0.411. The first kappa shape index (κ1) is 13.6. The topological polar surface area (TPSA) is 38.0 Å². The van der Waals surface area contributed by atoms with E-state index in [0.717, 1.165) is 29.6 Å². The van der Waals surface area contributed by atoms with Gasteiger partial charge < -0.3 is 11.1 Å². The minimum Gasteiger partial charge on any atom is -0.389 e. The molecular formula is C14H19ClN2S.